The first kappa shape index (κ1) is 15.6. The van der Waals surface area contributed by atoms with Gasteiger partial charge < -0.3 is 19.5 Å². The van der Waals surface area contributed by atoms with E-state index in [2.05, 4.69) is 0 Å². The monoisotopic (exact) mass is 313 g/mol. The van der Waals surface area contributed by atoms with Crippen molar-refractivity contribution in [3.05, 3.63) is 28.8 Å². The van der Waals surface area contributed by atoms with Gasteiger partial charge in [0.2, 0.25) is 0 Å². The first-order valence-corrected chi connectivity index (χ1v) is 6.84. The quantitative estimate of drug-likeness (QED) is 0.915. The van der Waals surface area contributed by atoms with Crippen LogP contribution in [0.1, 0.15) is 16.8 Å². The molecule has 114 valence electrons. The minimum Gasteiger partial charge on any atom is -0.495 e. The molecule has 1 aliphatic rings. The van der Waals surface area contributed by atoms with Crippen LogP contribution in [0.3, 0.4) is 0 Å². The molecule has 1 N–H and O–H groups in total. The van der Waals surface area contributed by atoms with Gasteiger partial charge in [0.15, 0.2) is 0 Å². The van der Waals surface area contributed by atoms with E-state index >= 15 is 0 Å². The Kier molecular flexibility index (Phi) is 5.03. The van der Waals surface area contributed by atoms with Crippen LogP contribution in [0.5, 0.6) is 5.75 Å². The van der Waals surface area contributed by atoms with Crippen molar-refractivity contribution in [2.45, 2.75) is 12.5 Å². The summed E-state index contributed by atoms with van der Waals surface area (Å²) in [4.78, 5) is 25.0. The molecule has 1 atom stereocenters. The van der Waals surface area contributed by atoms with Gasteiger partial charge in [0, 0.05) is 12.1 Å². The molecular weight excluding hydrogens is 298 g/mol. The summed E-state index contributed by atoms with van der Waals surface area (Å²) in [5.41, 5.74) is 0.411. The maximum atomic E-state index is 12.5. The van der Waals surface area contributed by atoms with Crippen molar-refractivity contribution in [1.29, 1.82) is 0 Å². The van der Waals surface area contributed by atoms with Crippen LogP contribution in [-0.4, -0.2) is 54.8 Å². The number of ether oxygens (including phenoxy) is 2. The zero-order chi connectivity index (χ0) is 15.4. The number of methoxy groups -OCH3 is 1. The van der Waals surface area contributed by atoms with Gasteiger partial charge in [-0.05, 0) is 18.2 Å². The second-order valence-corrected chi connectivity index (χ2v) is 5.08. The molecule has 1 aromatic rings. The third kappa shape index (κ3) is 3.65. The summed E-state index contributed by atoms with van der Waals surface area (Å²) in [6.45, 7) is 0.983. The molecule has 1 aliphatic heterocycles. The van der Waals surface area contributed by atoms with E-state index in [9.17, 15) is 9.59 Å². The van der Waals surface area contributed by atoms with Crippen LogP contribution in [0.25, 0.3) is 0 Å². The van der Waals surface area contributed by atoms with E-state index in [1.165, 1.54) is 12.0 Å². The lowest BCUT2D eigenvalue weighted by Gasteiger charge is -2.35. The summed E-state index contributed by atoms with van der Waals surface area (Å²) in [7, 11) is 1.47. The zero-order valence-corrected chi connectivity index (χ0v) is 12.3. The van der Waals surface area contributed by atoms with Crippen molar-refractivity contribution >= 4 is 23.5 Å². The summed E-state index contributed by atoms with van der Waals surface area (Å²) in [5, 5.41) is 9.34. The number of morpholine rings is 1. The predicted molar refractivity (Wildman–Crippen MR) is 75.9 cm³/mol. The lowest BCUT2D eigenvalue weighted by atomic mass is 10.1. The maximum Gasteiger partial charge on any atom is 0.305 e. The highest BCUT2D eigenvalue weighted by atomic mass is 35.5. The molecule has 6 nitrogen and oxygen atoms in total. The van der Waals surface area contributed by atoms with Gasteiger partial charge in [0.1, 0.15) is 5.75 Å². The molecular formula is C14H16ClNO5. The Morgan fingerprint density at radius 1 is 1.52 bits per heavy atom. The van der Waals surface area contributed by atoms with Crippen LogP contribution in [0.2, 0.25) is 5.02 Å². The van der Waals surface area contributed by atoms with Crippen molar-refractivity contribution < 1.29 is 24.2 Å². The van der Waals surface area contributed by atoms with Crippen molar-refractivity contribution in [3.63, 3.8) is 0 Å². The number of nitrogens with zero attached hydrogens (tertiary/aromatic N) is 1. The second-order valence-electron chi connectivity index (χ2n) is 4.67. The van der Waals surface area contributed by atoms with Gasteiger partial charge in [0.25, 0.3) is 5.91 Å². The minimum absolute atomic E-state index is 0.142. The third-order valence-electron chi connectivity index (χ3n) is 3.30. The Hall–Kier alpha value is -1.79. The van der Waals surface area contributed by atoms with Gasteiger partial charge in [-0.15, -0.1) is 0 Å². The molecule has 0 saturated carbocycles. The summed E-state index contributed by atoms with van der Waals surface area (Å²) in [6.07, 6.45) is -0.142. The largest absolute Gasteiger partial charge is 0.495 e. The van der Waals surface area contributed by atoms with Crippen LogP contribution in [0.15, 0.2) is 18.2 Å². The fourth-order valence-electron chi connectivity index (χ4n) is 2.25. The first-order chi connectivity index (χ1) is 10.0. The third-order valence-corrected chi connectivity index (χ3v) is 3.61. The molecule has 0 aliphatic carbocycles. The van der Waals surface area contributed by atoms with Crippen LogP contribution in [0, 0.1) is 0 Å². The highest BCUT2D eigenvalue weighted by Gasteiger charge is 2.30. The Labute approximate surface area is 127 Å². The van der Waals surface area contributed by atoms with Crippen LogP contribution < -0.4 is 4.74 Å². The molecule has 0 aromatic heterocycles. The average molecular weight is 314 g/mol. The highest BCUT2D eigenvalue weighted by molar-refractivity contribution is 6.32. The van der Waals surface area contributed by atoms with Gasteiger partial charge in [-0.3, -0.25) is 9.59 Å². The Bertz CT molecular complexity index is 548. The number of aliphatic carboxylic acids is 1. The number of benzene rings is 1. The van der Waals surface area contributed by atoms with Gasteiger partial charge in [0.05, 0.1) is 37.8 Å². The van der Waals surface area contributed by atoms with Crippen LogP contribution in [0.4, 0.5) is 0 Å². The summed E-state index contributed by atoms with van der Waals surface area (Å²) in [5.74, 6) is -0.804. The summed E-state index contributed by atoms with van der Waals surface area (Å²) >= 11 is 5.94. The van der Waals surface area contributed by atoms with Gasteiger partial charge in [-0.25, -0.2) is 0 Å². The molecule has 0 spiro atoms. The molecule has 1 saturated heterocycles. The van der Waals surface area contributed by atoms with E-state index in [1.807, 2.05) is 0 Å². The molecule has 0 unspecified atom stereocenters. The number of rotatable bonds is 4. The number of carbonyl (C=O) groups excluding carboxylic acids is 1. The number of amides is 1. The molecule has 0 radical (unpaired) electrons. The number of hydrogen-bond acceptors (Lipinski definition) is 4. The first-order valence-electron chi connectivity index (χ1n) is 6.47. The van der Waals surface area contributed by atoms with Crippen LogP contribution in [-0.2, 0) is 9.53 Å². The Morgan fingerprint density at radius 3 is 2.95 bits per heavy atom. The molecule has 21 heavy (non-hydrogen) atoms. The molecule has 1 fully saturated rings. The second kappa shape index (κ2) is 6.78. The summed E-state index contributed by atoms with van der Waals surface area (Å²) in [6, 6.07) is 4.27. The van der Waals surface area contributed by atoms with Crippen molar-refractivity contribution in [1.82, 2.24) is 4.90 Å². The van der Waals surface area contributed by atoms with E-state index in [1.54, 1.807) is 18.2 Å². The zero-order valence-electron chi connectivity index (χ0n) is 11.5. The maximum absolute atomic E-state index is 12.5. The molecule has 1 amide bonds. The van der Waals surface area contributed by atoms with Gasteiger partial charge >= 0.3 is 5.97 Å². The Morgan fingerprint density at radius 2 is 2.29 bits per heavy atom. The predicted octanol–water partition coefficient (Wildman–Crippen LogP) is 1.66. The number of halogens is 1. The fourth-order valence-corrected chi connectivity index (χ4v) is 2.45. The van der Waals surface area contributed by atoms with Crippen molar-refractivity contribution in [2.24, 2.45) is 0 Å². The normalized spacial score (nSPS) is 18.4. The standard InChI is InChI=1S/C14H16ClNO5/c1-20-12-6-9(2-3-11(12)15)14(19)16-4-5-21-8-10(16)7-13(17)18/h2-3,6,10H,4-5,7-8H2,1H3,(H,17,18)/t10-/m0/s1. The van der Waals surface area contributed by atoms with E-state index in [0.29, 0.717) is 29.5 Å². The number of carboxylic acid groups (broad SMARTS) is 1. The number of carbonyl (C=O) groups is 2. The van der Waals surface area contributed by atoms with Gasteiger partial charge in [-0.1, -0.05) is 11.6 Å². The lowest BCUT2D eigenvalue weighted by Crippen LogP contribution is -2.49. The molecule has 7 heteroatoms. The van der Waals surface area contributed by atoms with Gasteiger partial charge in [-0.2, -0.15) is 0 Å². The molecule has 1 heterocycles. The number of hydrogen-bond donors (Lipinski definition) is 1. The van der Waals surface area contributed by atoms with E-state index in [0.717, 1.165) is 0 Å². The van der Waals surface area contributed by atoms with E-state index in [-0.39, 0.29) is 18.9 Å². The molecule has 0 bridgehead atoms. The van der Waals surface area contributed by atoms with E-state index in [4.69, 9.17) is 26.2 Å². The highest BCUT2D eigenvalue weighted by Crippen LogP contribution is 2.26. The molecule has 2 rings (SSSR count). The number of carboxylic acids is 1. The van der Waals surface area contributed by atoms with E-state index < -0.39 is 12.0 Å². The summed E-state index contributed by atoms with van der Waals surface area (Å²) < 4.78 is 10.4. The smallest absolute Gasteiger partial charge is 0.305 e. The van der Waals surface area contributed by atoms with Crippen molar-refractivity contribution in [3.8, 4) is 5.75 Å². The SMILES string of the molecule is COc1cc(C(=O)N2CCOC[C@@H]2CC(=O)O)ccc1Cl. The Balaban J connectivity index is 2.22. The fraction of sp³-hybridized carbons (Fsp3) is 0.429. The van der Waals surface area contributed by atoms with Crippen molar-refractivity contribution in [2.75, 3.05) is 26.9 Å². The minimum atomic E-state index is -0.961. The topological polar surface area (TPSA) is 76.1 Å². The molecule has 1 aromatic carbocycles. The average Bonchev–Trinajstić information content (AvgIpc) is 2.47. The van der Waals surface area contributed by atoms with Crippen LogP contribution >= 0.6 is 11.6 Å². The lowest BCUT2D eigenvalue weighted by molar-refractivity contribution is -0.139.